The van der Waals surface area contributed by atoms with Crippen LogP contribution in [0.15, 0.2) is 69.4 Å². The maximum atomic E-state index is 12.8. The van der Waals surface area contributed by atoms with Gasteiger partial charge in [0.15, 0.2) is 5.78 Å². The van der Waals surface area contributed by atoms with Gasteiger partial charge in [-0.1, -0.05) is 117 Å². The number of ketones is 2. The summed E-state index contributed by atoms with van der Waals surface area (Å²) in [6, 6.07) is 0. The second-order valence-corrected chi connectivity index (χ2v) is 46.5. The summed E-state index contributed by atoms with van der Waals surface area (Å²) in [7, 11) is -1.37. The van der Waals surface area contributed by atoms with Gasteiger partial charge in [0.1, 0.15) is 23.5 Å². The van der Waals surface area contributed by atoms with Crippen LogP contribution in [0.2, 0.25) is 19.0 Å². The molecule has 17 N–H and O–H groups in total. The maximum Gasteiger partial charge on any atom is 2.00 e. The van der Waals surface area contributed by atoms with Gasteiger partial charge in [-0.15, -0.1) is 26.3 Å². The quantitative estimate of drug-likeness (QED) is 0.0324. The number of alkyl halides is 3. The number of Topliss-reactive ketones (excluding diaryl/α,β-unsaturated/α-hetero) is 1. The first-order valence-corrected chi connectivity index (χ1v) is 49.5. The van der Waals surface area contributed by atoms with Crippen molar-refractivity contribution in [3.8, 4) is 0 Å². The number of carbonyl (C=O) groups excluding carboxylic acids is 6. The van der Waals surface area contributed by atoms with Crippen LogP contribution in [0.1, 0.15) is 353 Å². The molecule has 0 aromatic heterocycles. The van der Waals surface area contributed by atoms with E-state index in [1.165, 1.54) is 33.4 Å². The van der Waals surface area contributed by atoms with Crippen molar-refractivity contribution in [3.63, 3.8) is 0 Å². The first kappa shape index (κ1) is 141. The number of amides is 4. The molecular formula is C103H189B4BrF3MgN8O19. The molecule has 4 heterocycles. The third-order valence-corrected chi connectivity index (χ3v) is 27.2. The molecule has 4 saturated heterocycles. The van der Waals surface area contributed by atoms with Gasteiger partial charge in [0.25, 0.3) is 0 Å². The Balaban J connectivity index is -0.000000740. The molecule has 5 saturated carbocycles. The van der Waals surface area contributed by atoms with Crippen LogP contribution in [0.4, 0.5) is 13.2 Å². The van der Waals surface area contributed by atoms with E-state index in [4.69, 9.17) is 65.5 Å². The van der Waals surface area contributed by atoms with E-state index < -0.39 is 50.0 Å². The normalized spacial score (nSPS) is 28.4. The van der Waals surface area contributed by atoms with Crippen LogP contribution in [0, 0.1) is 69.7 Å². The summed E-state index contributed by atoms with van der Waals surface area (Å²) < 4.78 is 54.3. The molecule has 0 aromatic carbocycles. The summed E-state index contributed by atoms with van der Waals surface area (Å²) in [5.74, 6) is 2.22. The Labute approximate surface area is 865 Å². The number of nitrogens with one attached hydrogen (secondary N) is 6. The molecular weight excluding hydrogens is 1860 g/mol. The van der Waals surface area contributed by atoms with Crippen molar-refractivity contribution in [1.82, 2.24) is 31.9 Å². The number of halogens is 4. The van der Waals surface area contributed by atoms with Crippen LogP contribution in [-0.4, -0.2) is 229 Å². The fourth-order valence-corrected chi connectivity index (χ4v) is 17.7. The van der Waals surface area contributed by atoms with Crippen molar-refractivity contribution < 1.29 is 123 Å². The summed E-state index contributed by atoms with van der Waals surface area (Å²) in [5, 5.41) is 78.4. The summed E-state index contributed by atoms with van der Waals surface area (Å²) in [5.41, 5.74) is 6.65. The number of aliphatic carboxylic acids is 2. The number of rotatable bonds is 19. The zero-order valence-corrected chi connectivity index (χ0v) is 92.3. The molecule has 6 aliphatic carbocycles. The largest absolute Gasteiger partial charge is 2.00 e. The van der Waals surface area contributed by atoms with Crippen molar-refractivity contribution in [1.29, 1.82) is 0 Å². The summed E-state index contributed by atoms with van der Waals surface area (Å²) in [6.07, 6.45) is 35.2. The molecule has 10 rings (SSSR count). The van der Waals surface area contributed by atoms with Gasteiger partial charge in [-0.05, 0) is 327 Å². The van der Waals surface area contributed by atoms with Gasteiger partial charge in [0, 0.05) is 76.2 Å². The average molecular weight is 2050 g/mol. The van der Waals surface area contributed by atoms with Gasteiger partial charge < -0.3 is 121 Å². The van der Waals surface area contributed by atoms with E-state index in [0.717, 1.165) is 135 Å². The number of carboxylic acid groups (broad SMARTS) is 2. The molecule has 4 amide bonds. The number of aliphatic hydroxyl groups excluding tert-OH is 1. The number of piperidine rings is 2. The average Bonchev–Trinajstić information content (AvgIpc) is 1.63. The molecule has 1 unspecified atom stereocenters. The van der Waals surface area contributed by atoms with Gasteiger partial charge in [-0.3, -0.25) is 44.9 Å². The number of allylic oxidation sites excluding steroid dienone is 6. The number of aliphatic hydroxyl groups is 1. The second kappa shape index (κ2) is 63.2. The van der Waals surface area contributed by atoms with Gasteiger partial charge in [0.05, 0.1) is 22.4 Å². The van der Waals surface area contributed by atoms with E-state index in [9.17, 15) is 51.5 Å². The van der Waals surface area contributed by atoms with E-state index in [1.807, 2.05) is 141 Å². The molecule has 1 radical (unpaired) electrons. The first-order chi connectivity index (χ1) is 62.2. The molecule has 4 aliphatic heterocycles. The molecule has 797 valence electrons. The van der Waals surface area contributed by atoms with Crippen LogP contribution in [-0.2, 0) is 57.0 Å². The Hall–Kier alpha value is -4.62. The van der Waals surface area contributed by atoms with E-state index in [0.29, 0.717) is 74.1 Å². The van der Waals surface area contributed by atoms with Crippen LogP contribution in [0.5, 0.6) is 0 Å². The predicted molar refractivity (Wildman–Crippen MR) is 555 cm³/mol. The molecule has 0 bridgehead atoms. The van der Waals surface area contributed by atoms with Crippen LogP contribution in [0.25, 0.3) is 0 Å². The molecule has 10 aliphatic rings. The molecule has 13 atom stereocenters. The number of carbonyl (C=O) groups is 8. The van der Waals surface area contributed by atoms with Crippen molar-refractivity contribution in [2.24, 2.45) is 74.6 Å². The van der Waals surface area contributed by atoms with Gasteiger partial charge in [-0.25, -0.2) is 0 Å². The number of carboxylic acids is 2. The van der Waals surface area contributed by atoms with Crippen molar-refractivity contribution in [2.45, 2.75) is 434 Å². The zero-order chi connectivity index (χ0) is 105. The number of nitrogens with two attached hydrogens (primary N) is 2. The van der Waals surface area contributed by atoms with Crippen LogP contribution < -0.4 is 60.3 Å². The van der Waals surface area contributed by atoms with Crippen molar-refractivity contribution in [3.05, 3.63) is 75.9 Å². The molecule has 0 spiro atoms. The summed E-state index contributed by atoms with van der Waals surface area (Å²) in [6.45, 7) is 71.6. The maximum absolute atomic E-state index is 12.8. The van der Waals surface area contributed by atoms with E-state index in [1.54, 1.807) is 6.08 Å². The van der Waals surface area contributed by atoms with Gasteiger partial charge in [0.2, 0.25) is 23.6 Å². The second-order valence-electron chi connectivity index (χ2n) is 46.5. The molecule has 139 heavy (non-hydrogen) atoms. The Morgan fingerprint density at radius 3 is 1.05 bits per heavy atom. The Morgan fingerprint density at radius 2 is 0.813 bits per heavy atom. The minimum atomic E-state index is -4.40. The first-order valence-electron chi connectivity index (χ1n) is 49.5. The standard InChI is InChI=1S/C20H38BNO3.3C14H25NO.2C8H17BN2O4.C8H12O.C6H12BO2.C6H8O.C2H3F3O.C2H3.CH4.BrH.Mg/c1-17(2,3)22-16(23)20(8)12-9-10-15(14-20)11-13-21-24-18(4,5)19(6,7)25-21;3*1-6-11-8-7-9-14(5,10-11)12(16)15-13(2,3)4;2*10-8(7(12)13)3-6(4-11-5-8)1-2-9(14)15;1-2-7-4-3-5-8(9)6-7;1-5(2)6(3,4)9-7-8-5;7-6-4-2-1-3-5-6;3-2(4,5)1-6;1-2;;;/h15H,9-14H2,1-8H3,(H,22,23);3*6,11H,1,7-10H2,2-5H3,(H,15,16);2*6,11,14-15H,1-5,10H2,(H,12,13);2,7H,1,3-6H2;1-4H3;2,4H,1,3,5H2;6H,1H2;1H,2H2;1H4;1H;/q;;;;;;;;;;-1;;;+2/p-1/t15-,20+;11-,14+;2*11-,14-;2*6-,8+;;;;;;;;/m001100......../s1. The molecule has 27 nitrogen and oxygen atoms in total. The summed E-state index contributed by atoms with van der Waals surface area (Å²) in [4.78, 5) is 92.5. The zero-order valence-electron chi connectivity index (χ0n) is 89.3. The van der Waals surface area contributed by atoms with Crippen LogP contribution in [0.3, 0.4) is 0 Å². The summed E-state index contributed by atoms with van der Waals surface area (Å²) >= 11 is 0. The van der Waals surface area contributed by atoms with Gasteiger partial charge in [-0.2, -0.15) is 13.2 Å². The van der Waals surface area contributed by atoms with E-state index >= 15 is 0 Å². The monoisotopic (exact) mass is 2050 g/mol. The van der Waals surface area contributed by atoms with Gasteiger partial charge >= 0.3 is 70.2 Å². The Bertz CT molecular complexity index is 3520. The molecule has 0 aromatic rings. The molecule has 36 heteroatoms. The van der Waals surface area contributed by atoms with E-state index in [-0.39, 0.29) is 188 Å². The Kier molecular flexibility index (Phi) is 63.9. The minimum absolute atomic E-state index is 0. The topological polar surface area (TPSA) is 439 Å². The minimum Gasteiger partial charge on any atom is -1.00 e. The van der Waals surface area contributed by atoms with Crippen molar-refractivity contribution in [2.75, 3.05) is 32.8 Å². The fraction of sp³-hybridized carbons (Fsp3) is 0.806. The third-order valence-electron chi connectivity index (χ3n) is 27.2. The fourth-order valence-electron chi connectivity index (χ4n) is 17.7. The molecule has 9 fully saturated rings. The number of hydrogen-bond acceptors (Lipinski definition) is 21. The smallest absolute Gasteiger partial charge is 1.00 e. The van der Waals surface area contributed by atoms with E-state index in [2.05, 4.69) is 127 Å². The Morgan fingerprint density at radius 1 is 0.504 bits per heavy atom. The predicted octanol–water partition coefficient (Wildman–Crippen LogP) is 13.7. The number of hydrogen-bond donors (Lipinski definition) is 15. The van der Waals surface area contributed by atoms with Crippen molar-refractivity contribution >= 4 is 99.2 Å². The third kappa shape index (κ3) is 55.7. The van der Waals surface area contributed by atoms with Crippen LogP contribution >= 0.6 is 0 Å². The SMILES string of the molecule is C.C=CC1CCCC(=O)C1.C=C[C@@H]1CCC[C@@](C)(C(=O)NC(C)(C)C)C1.C=C[C@@H]1CCC[C@@](C)(C(=O)NC(C)(C)C)C1.C=C[C@H]1CCC[C@@](C)(C(=O)NC(C)(C)C)C1.CC(C)(C)NC(=O)[C@]1(C)CCC[C@@H](CCB2OC(C)(C)C(C)(C)O2)C1.CC1(C)O[B]OC1(C)C.N[C@@]1(C(=O)O)CNC[C@@H](CCB(O)O)C1.N[C@@]1(C(=O)O)CNC[C@@H](CCB(O)O)C1.O=C1C=CCCC1.OCC(F)(F)F.[Br-].[CH-]=C.[Mg+2].